The van der Waals surface area contributed by atoms with Crippen molar-refractivity contribution in [2.24, 2.45) is 0 Å². The fourth-order valence-corrected chi connectivity index (χ4v) is 2.54. The molecule has 7 nitrogen and oxygen atoms in total. The molecule has 1 aliphatic rings. The average molecular weight is 274 g/mol. The van der Waals surface area contributed by atoms with Crippen molar-refractivity contribution >= 4 is 11.4 Å². The number of tetrazole rings is 1. The summed E-state index contributed by atoms with van der Waals surface area (Å²) in [6.07, 6.45) is 2.18. The number of nitrogens with two attached hydrogens (primary N) is 2. The number of anilines is 2. The maximum Gasteiger partial charge on any atom is 0.182 e. The van der Waals surface area contributed by atoms with Crippen LogP contribution >= 0.6 is 0 Å². The van der Waals surface area contributed by atoms with Gasteiger partial charge in [-0.05, 0) is 48.4 Å². The molecule has 0 spiro atoms. The van der Waals surface area contributed by atoms with E-state index in [1.54, 1.807) is 6.07 Å². The Morgan fingerprint density at radius 1 is 1.25 bits per heavy atom. The quantitative estimate of drug-likeness (QED) is 0.813. The molecule has 0 bridgehead atoms. The van der Waals surface area contributed by atoms with Gasteiger partial charge < -0.3 is 16.2 Å². The Labute approximate surface area is 116 Å². The van der Waals surface area contributed by atoms with E-state index < -0.39 is 0 Å². The Morgan fingerprint density at radius 3 is 2.60 bits per heavy atom. The monoisotopic (exact) mass is 274 g/mol. The molecule has 2 aromatic rings. The first-order chi connectivity index (χ1) is 9.67. The Hall–Kier alpha value is -2.15. The van der Waals surface area contributed by atoms with Gasteiger partial charge in [0, 0.05) is 23.5 Å². The van der Waals surface area contributed by atoms with Crippen LogP contribution in [0.1, 0.15) is 25.8 Å². The second kappa shape index (κ2) is 5.09. The highest BCUT2D eigenvalue weighted by molar-refractivity contribution is 5.67. The molecule has 7 heteroatoms. The maximum absolute atomic E-state index is 5.82. The van der Waals surface area contributed by atoms with Gasteiger partial charge in [-0.1, -0.05) is 0 Å². The van der Waals surface area contributed by atoms with Gasteiger partial charge >= 0.3 is 0 Å². The zero-order chi connectivity index (χ0) is 14.1. The fourth-order valence-electron chi connectivity index (χ4n) is 2.54. The Morgan fingerprint density at radius 2 is 1.95 bits per heavy atom. The molecule has 3 rings (SSSR count). The third-order valence-electron chi connectivity index (χ3n) is 3.55. The highest BCUT2D eigenvalue weighted by Gasteiger charge is 2.33. The van der Waals surface area contributed by atoms with Gasteiger partial charge in [-0.25, -0.2) is 4.68 Å². The molecule has 1 heterocycles. The van der Waals surface area contributed by atoms with E-state index in [0.29, 0.717) is 23.3 Å². The van der Waals surface area contributed by atoms with E-state index >= 15 is 0 Å². The normalized spacial score (nSPS) is 21.6. The molecule has 0 radical (unpaired) electrons. The maximum atomic E-state index is 5.82. The standard InChI is InChI=1S/C13H18N6O/c1-2-20-12-6-11(7-12)19-13(16-17-18-19)8-3-9(14)5-10(15)4-8/h3-5,11-12H,2,6-7,14-15H2,1H3. The van der Waals surface area contributed by atoms with Gasteiger partial charge in [0.15, 0.2) is 5.82 Å². The summed E-state index contributed by atoms with van der Waals surface area (Å²) in [5.41, 5.74) is 13.7. The lowest BCUT2D eigenvalue weighted by Crippen LogP contribution is -2.34. The summed E-state index contributed by atoms with van der Waals surface area (Å²) in [6.45, 7) is 2.75. The Kier molecular flexibility index (Phi) is 3.27. The van der Waals surface area contributed by atoms with Crippen molar-refractivity contribution in [3.63, 3.8) is 0 Å². The summed E-state index contributed by atoms with van der Waals surface area (Å²) in [7, 11) is 0. The highest BCUT2D eigenvalue weighted by atomic mass is 16.5. The first-order valence-electron chi connectivity index (χ1n) is 6.73. The first kappa shape index (κ1) is 12.9. The van der Waals surface area contributed by atoms with Crippen molar-refractivity contribution in [2.75, 3.05) is 18.1 Å². The number of hydrogen-bond donors (Lipinski definition) is 2. The molecular weight excluding hydrogens is 256 g/mol. The van der Waals surface area contributed by atoms with E-state index in [2.05, 4.69) is 15.5 Å². The number of benzene rings is 1. The zero-order valence-corrected chi connectivity index (χ0v) is 11.4. The number of hydrogen-bond acceptors (Lipinski definition) is 6. The Bertz CT molecular complexity index is 584. The molecule has 1 fully saturated rings. The molecular formula is C13H18N6O. The van der Waals surface area contributed by atoms with E-state index in [9.17, 15) is 0 Å². The summed E-state index contributed by atoms with van der Waals surface area (Å²) in [6, 6.07) is 5.65. The molecule has 0 atom stereocenters. The van der Waals surface area contributed by atoms with Crippen molar-refractivity contribution in [1.29, 1.82) is 0 Å². The second-order valence-electron chi connectivity index (χ2n) is 5.04. The predicted molar refractivity (Wildman–Crippen MR) is 75.8 cm³/mol. The van der Waals surface area contributed by atoms with Crippen molar-refractivity contribution < 1.29 is 4.74 Å². The molecule has 0 aliphatic heterocycles. The number of ether oxygens (including phenoxy) is 1. The third-order valence-corrected chi connectivity index (χ3v) is 3.55. The lowest BCUT2D eigenvalue weighted by molar-refractivity contribution is -0.0227. The summed E-state index contributed by atoms with van der Waals surface area (Å²) in [5.74, 6) is 0.698. The number of aromatic nitrogens is 4. The fraction of sp³-hybridized carbons (Fsp3) is 0.462. The third kappa shape index (κ3) is 2.32. The highest BCUT2D eigenvalue weighted by Crippen LogP contribution is 2.36. The molecule has 1 saturated carbocycles. The minimum Gasteiger partial charge on any atom is -0.399 e. The summed E-state index contributed by atoms with van der Waals surface area (Å²) in [5, 5.41) is 12.0. The minimum absolute atomic E-state index is 0.277. The largest absolute Gasteiger partial charge is 0.399 e. The van der Waals surface area contributed by atoms with Crippen LogP contribution in [0.25, 0.3) is 11.4 Å². The van der Waals surface area contributed by atoms with Crippen LogP contribution in [0.5, 0.6) is 0 Å². The van der Waals surface area contributed by atoms with Gasteiger partial charge in [0.05, 0.1) is 12.1 Å². The van der Waals surface area contributed by atoms with Crippen molar-refractivity contribution in [1.82, 2.24) is 20.2 Å². The molecule has 20 heavy (non-hydrogen) atoms. The topological polar surface area (TPSA) is 105 Å². The van der Waals surface area contributed by atoms with Crippen LogP contribution in [0.15, 0.2) is 18.2 Å². The minimum atomic E-state index is 0.277. The zero-order valence-electron chi connectivity index (χ0n) is 11.4. The number of nitrogens with zero attached hydrogens (tertiary/aromatic N) is 4. The van der Waals surface area contributed by atoms with Crippen LogP contribution in [0.2, 0.25) is 0 Å². The smallest absolute Gasteiger partial charge is 0.182 e. The predicted octanol–water partition coefficient (Wildman–Crippen LogP) is 1.24. The van der Waals surface area contributed by atoms with Crippen LogP contribution in [0, 0.1) is 0 Å². The number of rotatable bonds is 4. The van der Waals surface area contributed by atoms with Crippen molar-refractivity contribution in [3.05, 3.63) is 18.2 Å². The average Bonchev–Trinajstić information content (AvgIpc) is 2.80. The van der Waals surface area contributed by atoms with Crippen LogP contribution in [0.4, 0.5) is 11.4 Å². The summed E-state index contributed by atoms with van der Waals surface area (Å²) < 4.78 is 7.41. The van der Waals surface area contributed by atoms with Gasteiger partial charge in [0.1, 0.15) is 0 Å². The van der Waals surface area contributed by atoms with Crippen molar-refractivity contribution in [3.8, 4) is 11.4 Å². The molecule has 1 aromatic heterocycles. The molecule has 4 N–H and O–H groups in total. The summed E-state index contributed by atoms with van der Waals surface area (Å²) >= 11 is 0. The molecule has 1 aliphatic carbocycles. The van der Waals surface area contributed by atoms with Crippen LogP contribution in [0.3, 0.4) is 0 Å². The lowest BCUT2D eigenvalue weighted by atomic mass is 9.89. The molecule has 0 unspecified atom stereocenters. The number of nitrogen functional groups attached to an aromatic ring is 2. The van der Waals surface area contributed by atoms with Gasteiger partial charge in [0.25, 0.3) is 0 Å². The summed E-state index contributed by atoms with van der Waals surface area (Å²) in [4.78, 5) is 0. The Balaban J connectivity index is 1.84. The van der Waals surface area contributed by atoms with Gasteiger partial charge in [-0.2, -0.15) is 0 Å². The van der Waals surface area contributed by atoms with Gasteiger partial charge in [-0.3, -0.25) is 0 Å². The van der Waals surface area contributed by atoms with E-state index in [1.807, 2.05) is 23.7 Å². The van der Waals surface area contributed by atoms with E-state index in [4.69, 9.17) is 16.2 Å². The van der Waals surface area contributed by atoms with Crippen LogP contribution in [-0.2, 0) is 4.74 Å². The van der Waals surface area contributed by atoms with Crippen LogP contribution in [-0.4, -0.2) is 32.9 Å². The van der Waals surface area contributed by atoms with Gasteiger partial charge in [0.2, 0.25) is 0 Å². The van der Waals surface area contributed by atoms with Crippen molar-refractivity contribution in [2.45, 2.75) is 31.9 Å². The van der Waals surface area contributed by atoms with Gasteiger partial charge in [-0.15, -0.1) is 5.10 Å². The lowest BCUT2D eigenvalue weighted by Gasteiger charge is -2.34. The second-order valence-corrected chi connectivity index (χ2v) is 5.04. The van der Waals surface area contributed by atoms with E-state index in [0.717, 1.165) is 25.0 Å². The molecule has 0 saturated heterocycles. The first-order valence-corrected chi connectivity index (χ1v) is 6.73. The van der Waals surface area contributed by atoms with Crippen LogP contribution < -0.4 is 11.5 Å². The SMILES string of the molecule is CCOC1CC(n2nnnc2-c2cc(N)cc(N)c2)C1. The van der Waals surface area contributed by atoms with E-state index in [-0.39, 0.29) is 6.04 Å². The van der Waals surface area contributed by atoms with E-state index in [1.165, 1.54) is 0 Å². The molecule has 106 valence electrons. The molecule has 1 aromatic carbocycles. The molecule has 0 amide bonds.